The van der Waals surface area contributed by atoms with Crippen LogP contribution in [0.25, 0.3) is 0 Å². The van der Waals surface area contributed by atoms with Gasteiger partial charge in [0.1, 0.15) is 5.82 Å². The first kappa shape index (κ1) is 28.8. The Balaban J connectivity index is 1.66. The first-order chi connectivity index (χ1) is 17.7. The molecule has 2 aliphatic rings. The fraction of sp³-hybridized carbons (Fsp3) is 0.457. The minimum absolute atomic E-state index is 0.102. The van der Waals surface area contributed by atoms with Crippen molar-refractivity contribution in [2.45, 2.75) is 92.4 Å². The lowest BCUT2D eigenvalue weighted by Crippen LogP contribution is -2.13. The first-order valence-corrected chi connectivity index (χ1v) is 14.2. The maximum atomic E-state index is 13.7. The molecule has 0 bridgehead atoms. The quantitative estimate of drug-likeness (QED) is 0.178. The fourth-order valence-electron chi connectivity index (χ4n) is 5.31. The summed E-state index contributed by atoms with van der Waals surface area (Å²) in [6.45, 7) is 17.0. The molecule has 198 valence electrons. The molecule has 0 spiro atoms. The molecule has 1 aromatic rings. The van der Waals surface area contributed by atoms with Crippen molar-refractivity contribution in [2.75, 3.05) is 0 Å². The Morgan fingerprint density at radius 1 is 1.08 bits per heavy atom. The number of aryl methyl sites for hydroxylation is 1. The molecule has 0 fully saturated rings. The van der Waals surface area contributed by atoms with Crippen molar-refractivity contribution < 1.29 is 4.39 Å². The molecule has 2 heteroatoms. The van der Waals surface area contributed by atoms with Crippen LogP contribution >= 0.6 is 0 Å². The highest BCUT2D eigenvalue weighted by Gasteiger charge is 2.43. The summed E-state index contributed by atoms with van der Waals surface area (Å²) < 4.78 is 13.7. The standard InChI is InChI=1S/C35H46FN/c1-8-10-12-30(13-11-9-2)21-35-22-31(17-18-32(35)23-35)28(6)24-37-29(7)25(3)14-15-26(4)34-20-33(36)19-16-27(34)5/h14-20,22-24,26,30H,3,8-13,21H2,1-2,4-7H3/b15-14-,28-24+,37-29?/t26-,35?/m0/s1. The molecule has 1 nitrogen and oxygen atoms in total. The normalized spacial score (nSPS) is 20.2. The van der Waals surface area contributed by atoms with E-state index in [1.54, 1.807) is 6.07 Å². The second kappa shape index (κ2) is 13.2. The van der Waals surface area contributed by atoms with Crippen LogP contribution in [-0.2, 0) is 0 Å². The molecular formula is C35H46FN. The molecule has 0 heterocycles. The van der Waals surface area contributed by atoms with E-state index in [-0.39, 0.29) is 17.2 Å². The van der Waals surface area contributed by atoms with E-state index in [9.17, 15) is 4.39 Å². The van der Waals surface area contributed by atoms with Gasteiger partial charge in [0.2, 0.25) is 0 Å². The van der Waals surface area contributed by atoms with Crippen LogP contribution in [0.3, 0.4) is 0 Å². The maximum Gasteiger partial charge on any atom is 0.123 e. The van der Waals surface area contributed by atoms with Crippen LogP contribution in [0, 0.1) is 24.1 Å². The summed E-state index contributed by atoms with van der Waals surface area (Å²) in [5.74, 6) is 0.706. The average molecular weight is 500 g/mol. The van der Waals surface area contributed by atoms with Gasteiger partial charge in [-0.05, 0) is 84.6 Å². The third kappa shape index (κ3) is 7.87. The molecule has 2 aliphatic carbocycles. The summed E-state index contributed by atoms with van der Waals surface area (Å²) in [6.07, 6.45) is 24.7. The number of allylic oxidation sites excluding steroid dienone is 10. The molecule has 0 saturated carbocycles. The van der Waals surface area contributed by atoms with E-state index < -0.39 is 0 Å². The van der Waals surface area contributed by atoms with Crippen molar-refractivity contribution in [2.24, 2.45) is 16.3 Å². The SMILES string of the molecule is C=C(/C=C\[C@H](C)c1cc(F)ccc1C)C(C)=N/C=C(\C)C1=CC2(CC(CCCC)CCCC)C=C2C=C1. The average Bonchev–Trinajstić information content (AvgIpc) is 3.61. The molecule has 0 saturated heterocycles. The summed E-state index contributed by atoms with van der Waals surface area (Å²) >= 11 is 0. The van der Waals surface area contributed by atoms with Gasteiger partial charge in [-0.25, -0.2) is 4.39 Å². The van der Waals surface area contributed by atoms with Crippen molar-refractivity contribution in [1.82, 2.24) is 0 Å². The van der Waals surface area contributed by atoms with Crippen LogP contribution in [0.1, 0.15) is 96.6 Å². The number of nitrogens with zero attached hydrogens (tertiary/aromatic N) is 1. The summed E-state index contributed by atoms with van der Waals surface area (Å²) in [7, 11) is 0. The molecule has 3 rings (SSSR count). The Hall–Kier alpha value is -2.74. The molecule has 1 aromatic carbocycles. The maximum absolute atomic E-state index is 13.7. The lowest BCUT2D eigenvalue weighted by Gasteiger charge is -2.25. The summed E-state index contributed by atoms with van der Waals surface area (Å²) in [4.78, 5) is 4.74. The Morgan fingerprint density at radius 3 is 2.46 bits per heavy atom. The van der Waals surface area contributed by atoms with Crippen LogP contribution in [0.15, 0.2) is 94.7 Å². The number of halogens is 1. The van der Waals surface area contributed by atoms with Crippen LogP contribution in [-0.4, -0.2) is 5.71 Å². The van der Waals surface area contributed by atoms with Gasteiger partial charge in [-0.1, -0.05) is 108 Å². The van der Waals surface area contributed by atoms with Crippen LogP contribution in [0.4, 0.5) is 4.39 Å². The largest absolute Gasteiger partial charge is 0.261 e. The van der Waals surface area contributed by atoms with E-state index in [0.29, 0.717) is 0 Å². The monoisotopic (exact) mass is 499 g/mol. The molecule has 0 N–H and O–H groups in total. The smallest absolute Gasteiger partial charge is 0.123 e. The molecule has 2 atom stereocenters. The van der Waals surface area contributed by atoms with Gasteiger partial charge in [-0.2, -0.15) is 0 Å². The highest BCUT2D eigenvalue weighted by atomic mass is 19.1. The van der Waals surface area contributed by atoms with E-state index in [1.807, 2.05) is 32.2 Å². The summed E-state index contributed by atoms with van der Waals surface area (Å²) in [5.41, 5.74) is 7.95. The predicted octanol–water partition coefficient (Wildman–Crippen LogP) is 10.5. The van der Waals surface area contributed by atoms with E-state index in [4.69, 9.17) is 4.99 Å². The van der Waals surface area contributed by atoms with E-state index in [1.165, 1.54) is 67.7 Å². The number of aliphatic imine (C=N–C) groups is 1. The molecule has 1 unspecified atom stereocenters. The van der Waals surface area contributed by atoms with Crippen LogP contribution in [0.2, 0.25) is 0 Å². The lowest BCUT2D eigenvalue weighted by molar-refractivity contribution is 0.352. The topological polar surface area (TPSA) is 12.4 Å². The van der Waals surface area contributed by atoms with E-state index in [2.05, 4.69) is 64.7 Å². The van der Waals surface area contributed by atoms with Gasteiger partial charge >= 0.3 is 0 Å². The minimum atomic E-state index is -0.197. The second-order valence-corrected chi connectivity index (χ2v) is 11.1. The minimum Gasteiger partial charge on any atom is -0.261 e. The van der Waals surface area contributed by atoms with Gasteiger partial charge in [-0.15, -0.1) is 0 Å². The molecular weight excluding hydrogens is 453 g/mol. The fourth-order valence-corrected chi connectivity index (χ4v) is 5.31. The third-order valence-electron chi connectivity index (χ3n) is 7.97. The van der Waals surface area contributed by atoms with Crippen LogP contribution < -0.4 is 0 Å². The van der Waals surface area contributed by atoms with Crippen molar-refractivity contribution in [3.8, 4) is 0 Å². The zero-order valence-corrected chi connectivity index (χ0v) is 23.9. The summed E-state index contributed by atoms with van der Waals surface area (Å²) in [6, 6.07) is 4.96. The highest BCUT2D eigenvalue weighted by Crippen LogP contribution is 2.55. The van der Waals surface area contributed by atoms with Crippen molar-refractivity contribution in [3.05, 3.63) is 107 Å². The van der Waals surface area contributed by atoms with Gasteiger partial charge in [0.15, 0.2) is 0 Å². The van der Waals surface area contributed by atoms with Gasteiger partial charge < -0.3 is 0 Å². The van der Waals surface area contributed by atoms with Gasteiger partial charge in [0.25, 0.3) is 0 Å². The molecule has 0 aromatic heterocycles. The Labute approximate surface area is 225 Å². The van der Waals surface area contributed by atoms with E-state index >= 15 is 0 Å². The number of fused-ring (bicyclic) bond motifs is 1. The van der Waals surface area contributed by atoms with Gasteiger partial charge in [0, 0.05) is 17.3 Å². The molecule has 0 radical (unpaired) electrons. The Morgan fingerprint density at radius 2 is 1.78 bits per heavy atom. The number of unbranched alkanes of at least 4 members (excludes halogenated alkanes) is 2. The predicted molar refractivity (Wildman–Crippen MR) is 160 cm³/mol. The number of rotatable bonds is 14. The molecule has 37 heavy (non-hydrogen) atoms. The van der Waals surface area contributed by atoms with Crippen LogP contribution in [0.5, 0.6) is 0 Å². The van der Waals surface area contributed by atoms with Crippen molar-refractivity contribution in [1.29, 1.82) is 0 Å². The first-order valence-electron chi connectivity index (χ1n) is 14.2. The lowest BCUT2D eigenvalue weighted by atomic mass is 9.79. The number of hydrogen-bond donors (Lipinski definition) is 0. The van der Waals surface area contributed by atoms with Crippen molar-refractivity contribution >= 4 is 5.71 Å². The summed E-state index contributed by atoms with van der Waals surface area (Å²) in [5, 5.41) is 0. The Bertz CT molecular complexity index is 1150. The van der Waals surface area contributed by atoms with Crippen molar-refractivity contribution in [3.63, 3.8) is 0 Å². The van der Waals surface area contributed by atoms with Gasteiger partial charge in [-0.3, -0.25) is 4.99 Å². The zero-order chi connectivity index (χ0) is 27.0. The zero-order valence-electron chi connectivity index (χ0n) is 23.9. The highest BCUT2D eigenvalue weighted by molar-refractivity contribution is 6.00. The van der Waals surface area contributed by atoms with Gasteiger partial charge in [0.05, 0.1) is 0 Å². The number of benzene rings is 1. The Kier molecular flexibility index (Phi) is 10.3. The second-order valence-electron chi connectivity index (χ2n) is 11.1. The number of hydrogen-bond acceptors (Lipinski definition) is 1. The third-order valence-corrected chi connectivity index (χ3v) is 7.97. The molecule has 0 aliphatic heterocycles. The van der Waals surface area contributed by atoms with E-state index in [0.717, 1.165) is 28.3 Å². The molecule has 0 amide bonds.